The first-order chi connectivity index (χ1) is 12.1. The summed E-state index contributed by atoms with van der Waals surface area (Å²) in [5.74, 6) is -2.94. The monoisotopic (exact) mass is 411 g/mol. The van der Waals surface area contributed by atoms with Gasteiger partial charge in [-0.2, -0.15) is 28.3 Å². The van der Waals surface area contributed by atoms with Crippen LogP contribution in [0.3, 0.4) is 0 Å². The van der Waals surface area contributed by atoms with E-state index in [1.54, 1.807) is 11.1 Å². The summed E-state index contributed by atoms with van der Waals surface area (Å²) in [4.78, 5) is 27.8. The molecule has 0 atom stereocenters. The Balaban J connectivity index is -0.000000311. The van der Waals surface area contributed by atoms with Crippen molar-refractivity contribution in [1.82, 2.24) is 0 Å². The molecule has 0 radical (unpaired) electrons. The molecule has 0 amide bonds. The molecular weight excluding hydrogens is 384 g/mol. The Morgan fingerprint density at radius 1 is 0.926 bits per heavy atom. The fourth-order valence-electron chi connectivity index (χ4n) is 2.27. The smallest absolute Gasteiger partial charge is 0.327 e. The van der Waals surface area contributed by atoms with E-state index in [0.717, 1.165) is 18.2 Å². The van der Waals surface area contributed by atoms with Crippen LogP contribution in [0.4, 0.5) is 0 Å². The van der Waals surface area contributed by atoms with Crippen LogP contribution >= 0.6 is 0 Å². The third-order valence-electron chi connectivity index (χ3n) is 3.38. The van der Waals surface area contributed by atoms with Crippen LogP contribution in [0.25, 0.3) is 0 Å². The molecule has 1 aliphatic rings. The van der Waals surface area contributed by atoms with Gasteiger partial charge in [-0.3, -0.25) is 0 Å². The summed E-state index contributed by atoms with van der Waals surface area (Å²) in [6.07, 6.45) is 7.96. The molecule has 0 fully saturated rings. The van der Waals surface area contributed by atoms with Crippen LogP contribution in [-0.4, -0.2) is 33.2 Å². The van der Waals surface area contributed by atoms with Gasteiger partial charge in [0.05, 0.1) is 0 Å². The molecule has 0 unspecified atom stereocenters. The zero-order valence-electron chi connectivity index (χ0n) is 15.8. The quantitative estimate of drug-likeness (QED) is 0.398. The Kier molecular flexibility index (Phi) is 18.7. The summed E-state index contributed by atoms with van der Waals surface area (Å²) < 4.78 is 0. The van der Waals surface area contributed by atoms with Crippen molar-refractivity contribution in [3.05, 3.63) is 66.3 Å². The zero-order valence-corrected chi connectivity index (χ0v) is 17.4. The predicted octanol–water partition coefficient (Wildman–Crippen LogP) is 3.67. The number of rotatable bonds is 3. The van der Waals surface area contributed by atoms with Crippen LogP contribution in [-0.2, 0) is 48.9 Å². The molecule has 0 bridgehead atoms. The number of carbonyl (C=O) groups is 3. The van der Waals surface area contributed by atoms with Crippen molar-refractivity contribution in [2.45, 2.75) is 39.5 Å². The van der Waals surface area contributed by atoms with Gasteiger partial charge in [-0.15, -0.1) is 0 Å². The molecule has 0 saturated heterocycles. The molecule has 1 aromatic carbocycles. The van der Waals surface area contributed by atoms with Gasteiger partial charge >= 0.3 is 17.9 Å². The van der Waals surface area contributed by atoms with Crippen LogP contribution < -0.4 is 0 Å². The van der Waals surface area contributed by atoms with Gasteiger partial charge in [-0.05, 0) is 0 Å². The summed E-state index contributed by atoms with van der Waals surface area (Å²) in [6.45, 7) is 13.4. The second-order valence-electron chi connectivity index (χ2n) is 5.30. The number of hydrogen-bond acceptors (Lipinski definition) is 3. The zero-order chi connectivity index (χ0) is 20.7. The second-order valence-corrected chi connectivity index (χ2v) is 5.30. The molecule has 6 nitrogen and oxygen atoms in total. The minimum Gasteiger partial charge on any atom is -0.478 e. The Labute approximate surface area is 175 Å². The van der Waals surface area contributed by atoms with Crippen molar-refractivity contribution in [3.63, 3.8) is 0 Å². The summed E-state index contributed by atoms with van der Waals surface area (Å²) in [7, 11) is 0. The molecule has 148 valence electrons. The van der Waals surface area contributed by atoms with Crippen molar-refractivity contribution in [3.8, 4) is 0 Å². The number of aliphatic carboxylic acids is 3. The Bertz CT molecular complexity index is 574. The maximum absolute atomic E-state index is 9.25. The largest absolute Gasteiger partial charge is 0.478 e. The van der Waals surface area contributed by atoms with Crippen molar-refractivity contribution in [1.29, 1.82) is 0 Å². The third-order valence-corrected chi connectivity index (χ3v) is 3.38. The van der Waals surface area contributed by atoms with Gasteiger partial charge in [0.25, 0.3) is 0 Å². The number of carboxylic acid groups (broad SMARTS) is 3. The van der Waals surface area contributed by atoms with Gasteiger partial charge in [-0.1, -0.05) is 59.3 Å². The molecule has 0 saturated carbocycles. The first-order valence-corrected chi connectivity index (χ1v) is 7.91. The number of fused-ring (bicyclic) bond motifs is 1. The summed E-state index contributed by atoms with van der Waals surface area (Å²) >= 11 is 0. The van der Waals surface area contributed by atoms with Crippen molar-refractivity contribution in [2.75, 3.05) is 0 Å². The standard InChI is InChI=1S/C11H15.3C3H4O2.Ti/c1-8-7-9(2)11-6-4-3-5-10(8)11;3*1-2-3(4)5;/h7H,3-6H2,1-2H3;3*2H,1H2,(H,4,5);/q-1;;;;. The Hall–Kier alpha value is -2.31. The average Bonchev–Trinajstić information content (AvgIpc) is 2.91. The van der Waals surface area contributed by atoms with E-state index in [0.29, 0.717) is 0 Å². The van der Waals surface area contributed by atoms with E-state index in [1.165, 1.54) is 36.8 Å². The van der Waals surface area contributed by atoms with Gasteiger partial charge < -0.3 is 15.3 Å². The van der Waals surface area contributed by atoms with Crippen LogP contribution in [0.5, 0.6) is 0 Å². The molecule has 1 aromatic rings. The predicted molar refractivity (Wildman–Crippen MR) is 102 cm³/mol. The maximum atomic E-state index is 9.25. The minimum atomic E-state index is -0.981. The third kappa shape index (κ3) is 15.6. The molecule has 7 heteroatoms. The van der Waals surface area contributed by atoms with Gasteiger partial charge in [0, 0.05) is 39.9 Å². The van der Waals surface area contributed by atoms with Crippen LogP contribution in [0.1, 0.15) is 35.1 Å². The first-order valence-electron chi connectivity index (χ1n) is 7.91. The second kappa shape index (κ2) is 17.1. The summed E-state index contributed by atoms with van der Waals surface area (Å²) in [5.41, 5.74) is 6.37. The van der Waals surface area contributed by atoms with E-state index < -0.39 is 17.9 Å². The van der Waals surface area contributed by atoms with Crippen molar-refractivity contribution < 1.29 is 51.4 Å². The van der Waals surface area contributed by atoms with Crippen LogP contribution in [0, 0.1) is 13.8 Å². The number of carboxylic acids is 3. The van der Waals surface area contributed by atoms with E-state index in [9.17, 15) is 14.4 Å². The van der Waals surface area contributed by atoms with E-state index >= 15 is 0 Å². The first kappa shape index (κ1) is 29.5. The molecule has 0 spiro atoms. The van der Waals surface area contributed by atoms with E-state index in [1.807, 2.05) is 0 Å². The molecule has 0 heterocycles. The van der Waals surface area contributed by atoms with E-state index in [4.69, 9.17) is 15.3 Å². The fourth-order valence-corrected chi connectivity index (χ4v) is 2.27. The van der Waals surface area contributed by atoms with Crippen molar-refractivity contribution >= 4 is 17.9 Å². The molecule has 1 aliphatic carbocycles. The SMILES string of the molecule is C=CC(=O)O.C=CC(=O)O.C=CC(=O)O.Cc1c[c-](C)c2c1CCCC2.[Ti]. The molecule has 27 heavy (non-hydrogen) atoms. The van der Waals surface area contributed by atoms with Crippen molar-refractivity contribution in [2.24, 2.45) is 0 Å². The van der Waals surface area contributed by atoms with Gasteiger partial charge in [0.1, 0.15) is 0 Å². The molecule has 2 rings (SSSR count). The number of aryl methyl sites for hydroxylation is 2. The Morgan fingerprint density at radius 3 is 1.56 bits per heavy atom. The van der Waals surface area contributed by atoms with Crippen LogP contribution in [0.2, 0.25) is 0 Å². The number of hydrogen-bond donors (Lipinski definition) is 3. The minimum absolute atomic E-state index is 0. The summed E-state index contributed by atoms with van der Waals surface area (Å²) in [5, 5.41) is 22.8. The topological polar surface area (TPSA) is 112 Å². The molecule has 0 aromatic heterocycles. The molecular formula is C20H27O6Ti-. The van der Waals surface area contributed by atoms with E-state index in [2.05, 4.69) is 39.7 Å². The summed E-state index contributed by atoms with van der Waals surface area (Å²) in [6, 6.07) is 2.34. The van der Waals surface area contributed by atoms with E-state index in [-0.39, 0.29) is 21.7 Å². The molecule has 3 N–H and O–H groups in total. The normalized spacial score (nSPS) is 10.3. The Morgan fingerprint density at radius 2 is 1.26 bits per heavy atom. The van der Waals surface area contributed by atoms with Gasteiger partial charge in [-0.25, -0.2) is 14.4 Å². The van der Waals surface area contributed by atoms with Crippen LogP contribution in [0.15, 0.2) is 44.0 Å². The molecule has 0 aliphatic heterocycles. The average molecular weight is 411 g/mol. The van der Waals surface area contributed by atoms with Gasteiger partial charge in [0.2, 0.25) is 0 Å². The fraction of sp³-hybridized carbons (Fsp3) is 0.300. The maximum Gasteiger partial charge on any atom is 0.327 e. The van der Waals surface area contributed by atoms with Gasteiger partial charge in [0.15, 0.2) is 0 Å².